The van der Waals surface area contributed by atoms with Crippen LogP contribution in [0.5, 0.6) is 11.5 Å². The zero-order valence-corrected chi connectivity index (χ0v) is 14.5. The second kappa shape index (κ2) is 7.10. The molecule has 3 aromatic carbocycles. The zero-order chi connectivity index (χ0) is 17.9. The number of aromatic hydroxyl groups is 1. The summed E-state index contributed by atoms with van der Waals surface area (Å²) in [5, 5.41) is 10.3. The van der Waals surface area contributed by atoms with E-state index in [-0.39, 0.29) is 11.8 Å². The molecule has 0 fully saturated rings. The number of hydrogen-bond acceptors (Lipinski definition) is 4. The first-order chi connectivity index (χ1) is 12.8. The van der Waals surface area contributed by atoms with E-state index in [1.54, 1.807) is 6.07 Å². The first-order valence-corrected chi connectivity index (χ1v) is 8.81. The van der Waals surface area contributed by atoms with E-state index < -0.39 is 0 Å². The van der Waals surface area contributed by atoms with Gasteiger partial charge in [-0.3, -0.25) is 0 Å². The lowest BCUT2D eigenvalue weighted by atomic mass is 10.0. The normalized spacial score (nSPS) is 15.7. The van der Waals surface area contributed by atoms with Crippen molar-refractivity contribution >= 4 is 5.69 Å². The average Bonchev–Trinajstić information content (AvgIpc) is 3.06. The van der Waals surface area contributed by atoms with E-state index in [0.717, 1.165) is 22.6 Å². The Kier molecular flexibility index (Phi) is 4.50. The van der Waals surface area contributed by atoms with Crippen LogP contribution in [0.2, 0.25) is 0 Å². The number of fused-ring (bicyclic) bond motifs is 1. The Labute approximate surface area is 153 Å². The molecule has 0 saturated heterocycles. The van der Waals surface area contributed by atoms with Crippen LogP contribution in [0, 0.1) is 0 Å². The number of nitrogens with zero attached hydrogens (tertiary/aromatic N) is 1. The third-order valence-electron chi connectivity index (χ3n) is 4.88. The summed E-state index contributed by atoms with van der Waals surface area (Å²) in [6.07, 6.45) is 0. The number of nitrogens with two attached hydrogens (primary N) is 1. The minimum Gasteiger partial charge on any atom is -0.506 e. The molecule has 0 radical (unpaired) electrons. The van der Waals surface area contributed by atoms with Gasteiger partial charge in [-0.05, 0) is 29.3 Å². The average molecular weight is 346 g/mol. The molecule has 0 aromatic heterocycles. The predicted molar refractivity (Wildman–Crippen MR) is 103 cm³/mol. The van der Waals surface area contributed by atoms with Gasteiger partial charge in [-0.2, -0.15) is 0 Å². The van der Waals surface area contributed by atoms with Gasteiger partial charge in [0.15, 0.2) is 0 Å². The van der Waals surface area contributed by atoms with Crippen LogP contribution in [0.3, 0.4) is 0 Å². The number of anilines is 1. The molecule has 0 amide bonds. The van der Waals surface area contributed by atoms with Gasteiger partial charge in [-0.1, -0.05) is 54.6 Å². The highest BCUT2D eigenvalue weighted by Crippen LogP contribution is 2.43. The van der Waals surface area contributed by atoms with Crippen molar-refractivity contribution in [1.82, 2.24) is 0 Å². The lowest BCUT2D eigenvalue weighted by Gasteiger charge is -2.26. The molecular formula is C22H22N2O2. The molecule has 3 aromatic rings. The van der Waals surface area contributed by atoms with Crippen LogP contribution >= 0.6 is 0 Å². The maximum absolute atomic E-state index is 10.3. The van der Waals surface area contributed by atoms with Gasteiger partial charge < -0.3 is 20.5 Å². The molecule has 4 heteroatoms. The monoisotopic (exact) mass is 346 g/mol. The standard InChI is InChI=1S/C22H22N2O2/c23-13-20-17-9-6-12-22(26-15-16-7-2-1-3-8-16)18(17)14-24(20)19-10-4-5-11-21(19)25/h1-12,20,25H,13-15,23H2. The minimum atomic E-state index is 0.0265. The van der Waals surface area contributed by atoms with Crippen LogP contribution in [-0.2, 0) is 13.2 Å². The van der Waals surface area contributed by atoms with Crippen molar-refractivity contribution in [3.05, 3.63) is 89.5 Å². The highest BCUT2D eigenvalue weighted by molar-refractivity contribution is 5.63. The van der Waals surface area contributed by atoms with Gasteiger partial charge >= 0.3 is 0 Å². The Morgan fingerprint density at radius 3 is 2.50 bits per heavy atom. The number of para-hydroxylation sites is 2. The number of ether oxygens (including phenoxy) is 1. The predicted octanol–water partition coefficient (Wildman–Crippen LogP) is 3.99. The first-order valence-electron chi connectivity index (χ1n) is 8.81. The van der Waals surface area contributed by atoms with E-state index in [1.165, 1.54) is 5.56 Å². The molecule has 1 aliphatic rings. The van der Waals surface area contributed by atoms with E-state index in [2.05, 4.69) is 23.1 Å². The van der Waals surface area contributed by atoms with E-state index in [1.807, 2.05) is 48.5 Å². The van der Waals surface area contributed by atoms with Gasteiger partial charge in [-0.25, -0.2) is 0 Å². The molecule has 4 rings (SSSR count). The van der Waals surface area contributed by atoms with Gasteiger partial charge in [0.1, 0.15) is 18.1 Å². The molecule has 26 heavy (non-hydrogen) atoms. The first kappa shape index (κ1) is 16.5. The summed E-state index contributed by atoms with van der Waals surface area (Å²) in [4.78, 5) is 2.15. The van der Waals surface area contributed by atoms with Crippen molar-refractivity contribution in [2.45, 2.75) is 19.2 Å². The Hall–Kier alpha value is -2.98. The Morgan fingerprint density at radius 1 is 0.962 bits per heavy atom. The maximum atomic E-state index is 10.3. The summed E-state index contributed by atoms with van der Waals surface area (Å²) in [6, 6.07) is 23.7. The number of phenolic OH excluding ortho intramolecular Hbond substituents is 1. The van der Waals surface area contributed by atoms with Crippen LogP contribution in [0.25, 0.3) is 0 Å². The number of hydrogen-bond donors (Lipinski definition) is 2. The molecule has 0 saturated carbocycles. The molecular weight excluding hydrogens is 324 g/mol. The number of phenols is 1. The van der Waals surface area contributed by atoms with Crippen molar-refractivity contribution in [2.75, 3.05) is 11.4 Å². The van der Waals surface area contributed by atoms with Gasteiger partial charge in [0.25, 0.3) is 0 Å². The summed E-state index contributed by atoms with van der Waals surface area (Å²) in [6.45, 7) is 1.67. The van der Waals surface area contributed by atoms with Gasteiger partial charge in [0, 0.05) is 18.7 Å². The van der Waals surface area contributed by atoms with E-state index in [0.29, 0.717) is 19.7 Å². The molecule has 3 N–H and O–H groups in total. The Morgan fingerprint density at radius 2 is 1.73 bits per heavy atom. The maximum Gasteiger partial charge on any atom is 0.138 e. The molecule has 0 aliphatic carbocycles. The molecule has 4 nitrogen and oxygen atoms in total. The number of rotatable bonds is 5. The van der Waals surface area contributed by atoms with Crippen LogP contribution in [0.1, 0.15) is 22.7 Å². The Balaban J connectivity index is 1.63. The van der Waals surface area contributed by atoms with E-state index >= 15 is 0 Å². The van der Waals surface area contributed by atoms with Crippen molar-refractivity contribution in [2.24, 2.45) is 5.73 Å². The van der Waals surface area contributed by atoms with Crippen LogP contribution in [0.15, 0.2) is 72.8 Å². The van der Waals surface area contributed by atoms with Crippen molar-refractivity contribution in [1.29, 1.82) is 0 Å². The molecule has 1 heterocycles. The quantitative estimate of drug-likeness (QED) is 0.733. The summed E-state index contributed by atoms with van der Waals surface area (Å²) in [5.74, 6) is 1.15. The Bertz CT molecular complexity index is 896. The fourth-order valence-electron chi connectivity index (χ4n) is 3.60. The third-order valence-corrected chi connectivity index (χ3v) is 4.88. The molecule has 1 unspecified atom stereocenters. The summed E-state index contributed by atoms with van der Waals surface area (Å²) < 4.78 is 6.11. The van der Waals surface area contributed by atoms with Gasteiger partial charge in [-0.15, -0.1) is 0 Å². The van der Waals surface area contributed by atoms with Gasteiger partial charge in [0.2, 0.25) is 0 Å². The largest absolute Gasteiger partial charge is 0.506 e. The summed E-state index contributed by atoms with van der Waals surface area (Å²) in [7, 11) is 0. The number of benzene rings is 3. The molecule has 0 spiro atoms. The molecule has 1 atom stereocenters. The fourth-order valence-corrected chi connectivity index (χ4v) is 3.60. The van der Waals surface area contributed by atoms with Gasteiger partial charge in [0.05, 0.1) is 11.7 Å². The lowest BCUT2D eigenvalue weighted by molar-refractivity contribution is 0.303. The van der Waals surface area contributed by atoms with Crippen molar-refractivity contribution in [3.63, 3.8) is 0 Å². The molecule has 132 valence electrons. The van der Waals surface area contributed by atoms with E-state index in [9.17, 15) is 5.11 Å². The van der Waals surface area contributed by atoms with Crippen LogP contribution < -0.4 is 15.4 Å². The molecule has 1 aliphatic heterocycles. The SMILES string of the molecule is NCC1c2cccc(OCc3ccccc3)c2CN1c1ccccc1O. The summed E-state index contributed by atoms with van der Waals surface area (Å²) >= 11 is 0. The van der Waals surface area contributed by atoms with Crippen LogP contribution in [0.4, 0.5) is 5.69 Å². The highest BCUT2D eigenvalue weighted by Gasteiger charge is 2.32. The summed E-state index contributed by atoms with van der Waals surface area (Å²) in [5.41, 5.74) is 10.3. The minimum absolute atomic E-state index is 0.0265. The fraction of sp³-hybridized carbons (Fsp3) is 0.182. The second-order valence-corrected chi connectivity index (χ2v) is 6.47. The zero-order valence-electron chi connectivity index (χ0n) is 14.5. The molecule has 0 bridgehead atoms. The highest BCUT2D eigenvalue weighted by atomic mass is 16.5. The lowest BCUT2D eigenvalue weighted by Crippen LogP contribution is -2.27. The van der Waals surface area contributed by atoms with E-state index in [4.69, 9.17) is 10.5 Å². The van der Waals surface area contributed by atoms with Crippen LogP contribution in [-0.4, -0.2) is 11.7 Å². The van der Waals surface area contributed by atoms with Crippen molar-refractivity contribution in [3.8, 4) is 11.5 Å². The third kappa shape index (κ3) is 3.00. The second-order valence-electron chi connectivity index (χ2n) is 6.47. The topological polar surface area (TPSA) is 58.7 Å². The smallest absolute Gasteiger partial charge is 0.138 e. The van der Waals surface area contributed by atoms with Crippen molar-refractivity contribution < 1.29 is 9.84 Å².